The minimum Gasteiger partial charge on any atom is -0.337 e. The number of carbonyl (C=O) groups is 1. The van der Waals surface area contributed by atoms with Gasteiger partial charge >= 0.3 is 0 Å². The van der Waals surface area contributed by atoms with Crippen LogP contribution < -0.4 is 5.32 Å². The third kappa shape index (κ3) is 3.79. The van der Waals surface area contributed by atoms with Crippen molar-refractivity contribution in [1.82, 2.24) is 20.1 Å². The first-order valence-electron chi connectivity index (χ1n) is 9.00. The van der Waals surface area contributed by atoms with E-state index in [2.05, 4.69) is 37.6 Å². The Labute approximate surface area is 161 Å². The van der Waals surface area contributed by atoms with E-state index < -0.39 is 5.54 Å². The van der Waals surface area contributed by atoms with Crippen molar-refractivity contribution in [2.75, 3.05) is 5.75 Å². The van der Waals surface area contributed by atoms with E-state index in [1.165, 1.54) is 16.6 Å². The molecule has 2 aromatic heterocycles. The molecule has 136 valence electrons. The summed E-state index contributed by atoms with van der Waals surface area (Å²) in [5.74, 6) is 1.15. The number of thiophene rings is 1. The molecule has 0 spiro atoms. The first-order chi connectivity index (χ1) is 12.7. The quantitative estimate of drug-likeness (QED) is 0.737. The van der Waals surface area contributed by atoms with Gasteiger partial charge in [-0.05, 0) is 50.0 Å². The van der Waals surface area contributed by atoms with Gasteiger partial charge in [-0.1, -0.05) is 17.8 Å². The molecular weight excluding hydrogens is 366 g/mol. The highest BCUT2D eigenvalue weighted by Crippen LogP contribution is 2.39. The maximum atomic E-state index is 12.4. The number of nitrogens with zero attached hydrogens (tertiary/aromatic N) is 4. The van der Waals surface area contributed by atoms with Gasteiger partial charge in [-0.2, -0.15) is 5.26 Å². The van der Waals surface area contributed by atoms with Gasteiger partial charge < -0.3 is 9.88 Å². The Balaban J connectivity index is 1.41. The molecule has 8 heteroatoms. The molecule has 2 saturated carbocycles. The van der Waals surface area contributed by atoms with Crippen molar-refractivity contribution >= 4 is 29.0 Å². The van der Waals surface area contributed by atoms with Crippen molar-refractivity contribution in [3.8, 4) is 6.07 Å². The monoisotopic (exact) mass is 387 g/mol. The van der Waals surface area contributed by atoms with Crippen LogP contribution in [0.5, 0.6) is 0 Å². The van der Waals surface area contributed by atoms with Crippen molar-refractivity contribution in [3.63, 3.8) is 0 Å². The van der Waals surface area contributed by atoms with E-state index in [9.17, 15) is 10.1 Å². The lowest BCUT2D eigenvalue weighted by Crippen LogP contribution is -2.45. The van der Waals surface area contributed by atoms with E-state index in [0.717, 1.165) is 55.9 Å². The molecule has 0 bridgehead atoms. The molecule has 2 aliphatic rings. The van der Waals surface area contributed by atoms with Crippen molar-refractivity contribution in [2.24, 2.45) is 0 Å². The van der Waals surface area contributed by atoms with Crippen molar-refractivity contribution in [2.45, 2.75) is 61.7 Å². The van der Waals surface area contributed by atoms with Gasteiger partial charge in [0.05, 0.1) is 11.8 Å². The predicted molar refractivity (Wildman–Crippen MR) is 101 cm³/mol. The number of nitrogens with one attached hydrogen (secondary N) is 1. The molecule has 0 saturated heterocycles. The first kappa shape index (κ1) is 17.6. The third-order valence-electron chi connectivity index (χ3n) is 4.94. The molecule has 2 aromatic rings. The van der Waals surface area contributed by atoms with Crippen LogP contribution in [0.2, 0.25) is 0 Å². The number of aromatic nitrogens is 3. The zero-order valence-electron chi connectivity index (χ0n) is 14.5. The van der Waals surface area contributed by atoms with Crippen LogP contribution in [0.4, 0.5) is 0 Å². The molecule has 1 amide bonds. The Morgan fingerprint density at radius 2 is 2.23 bits per heavy atom. The summed E-state index contributed by atoms with van der Waals surface area (Å²) in [5.41, 5.74) is -0.661. The molecule has 0 aromatic carbocycles. The topological polar surface area (TPSA) is 83.6 Å². The fourth-order valence-corrected chi connectivity index (χ4v) is 5.00. The minimum absolute atomic E-state index is 0.0939. The second-order valence-electron chi connectivity index (χ2n) is 6.99. The minimum atomic E-state index is -0.661. The summed E-state index contributed by atoms with van der Waals surface area (Å²) in [4.78, 5) is 13.6. The molecule has 2 aliphatic carbocycles. The molecule has 0 atom stereocenters. The van der Waals surface area contributed by atoms with Gasteiger partial charge in [-0.3, -0.25) is 4.79 Å². The maximum absolute atomic E-state index is 12.4. The molecule has 0 unspecified atom stereocenters. The first-order valence-corrected chi connectivity index (χ1v) is 10.9. The van der Waals surface area contributed by atoms with Crippen molar-refractivity contribution in [3.05, 3.63) is 28.2 Å². The smallest absolute Gasteiger partial charge is 0.231 e. The van der Waals surface area contributed by atoms with Gasteiger partial charge in [0.2, 0.25) is 5.91 Å². The van der Waals surface area contributed by atoms with E-state index in [1.54, 1.807) is 11.3 Å². The summed E-state index contributed by atoms with van der Waals surface area (Å²) in [7, 11) is 0. The maximum Gasteiger partial charge on any atom is 0.231 e. The molecule has 26 heavy (non-hydrogen) atoms. The summed E-state index contributed by atoms with van der Waals surface area (Å²) in [5, 5.41) is 23.9. The average Bonchev–Trinajstić information content (AvgIpc) is 3.04. The largest absolute Gasteiger partial charge is 0.337 e. The van der Waals surface area contributed by atoms with Crippen molar-refractivity contribution < 1.29 is 4.79 Å². The lowest BCUT2D eigenvalue weighted by molar-refractivity contribution is -0.119. The van der Waals surface area contributed by atoms with Crippen LogP contribution in [0, 0.1) is 11.3 Å². The van der Waals surface area contributed by atoms with E-state index in [-0.39, 0.29) is 11.7 Å². The molecule has 1 N–H and O–H groups in total. The fourth-order valence-electron chi connectivity index (χ4n) is 3.47. The van der Waals surface area contributed by atoms with Crippen LogP contribution >= 0.6 is 23.1 Å². The Hall–Kier alpha value is -1.85. The second kappa shape index (κ2) is 7.41. The van der Waals surface area contributed by atoms with Crippen LogP contribution in [0.3, 0.4) is 0 Å². The predicted octanol–water partition coefficient (Wildman–Crippen LogP) is 3.31. The Bertz CT molecular complexity index is 813. The summed E-state index contributed by atoms with van der Waals surface area (Å²) in [6.45, 7) is 0. The second-order valence-corrected chi connectivity index (χ2v) is 8.97. The highest BCUT2D eigenvalue weighted by Gasteiger charge is 2.35. The number of carbonyl (C=O) groups excluding carboxylic acids is 1. The van der Waals surface area contributed by atoms with E-state index >= 15 is 0 Å². The number of hydrogen-bond acceptors (Lipinski definition) is 6. The molecule has 4 rings (SSSR count). The standard InChI is InChI=1S/C18H21N5OS2/c19-12-18(7-1-2-8-18)20-16(24)11-26-17-22-21-15(23(17)13-5-6-13)10-14-4-3-9-25-14/h3-4,9,13H,1-2,5-8,10-11H2,(H,20,24). The molecule has 0 aliphatic heterocycles. The van der Waals surface area contributed by atoms with E-state index in [4.69, 9.17) is 0 Å². The number of nitriles is 1. The zero-order valence-corrected chi connectivity index (χ0v) is 16.1. The normalized spacial score (nSPS) is 18.6. The highest BCUT2D eigenvalue weighted by atomic mass is 32.2. The van der Waals surface area contributed by atoms with Gasteiger partial charge in [0, 0.05) is 17.3 Å². The van der Waals surface area contributed by atoms with E-state index in [0.29, 0.717) is 6.04 Å². The molecule has 0 radical (unpaired) electrons. The summed E-state index contributed by atoms with van der Waals surface area (Å²) >= 11 is 3.14. The van der Waals surface area contributed by atoms with Gasteiger partial charge in [0.25, 0.3) is 0 Å². The van der Waals surface area contributed by atoms with Gasteiger partial charge in [0.1, 0.15) is 11.4 Å². The van der Waals surface area contributed by atoms with Gasteiger partial charge in [0.15, 0.2) is 5.16 Å². The lowest BCUT2D eigenvalue weighted by atomic mass is 10.0. The Kier molecular flexibility index (Phi) is 5.00. The Morgan fingerprint density at radius 3 is 2.88 bits per heavy atom. The van der Waals surface area contributed by atoms with Crippen molar-refractivity contribution in [1.29, 1.82) is 5.26 Å². The fraction of sp³-hybridized carbons (Fsp3) is 0.556. The van der Waals surface area contributed by atoms with Crippen LogP contribution in [0.15, 0.2) is 22.7 Å². The third-order valence-corrected chi connectivity index (χ3v) is 6.76. The summed E-state index contributed by atoms with van der Waals surface area (Å²) in [6, 6.07) is 6.92. The van der Waals surface area contributed by atoms with Crippen LogP contribution in [0.1, 0.15) is 55.3 Å². The highest BCUT2D eigenvalue weighted by molar-refractivity contribution is 7.99. The van der Waals surface area contributed by atoms with Gasteiger partial charge in [-0.15, -0.1) is 21.5 Å². The summed E-state index contributed by atoms with van der Waals surface area (Å²) in [6.07, 6.45) is 6.59. The summed E-state index contributed by atoms with van der Waals surface area (Å²) < 4.78 is 2.20. The van der Waals surface area contributed by atoms with Crippen LogP contribution in [-0.4, -0.2) is 32.0 Å². The number of amides is 1. The zero-order chi connectivity index (χ0) is 18.0. The molecule has 2 fully saturated rings. The lowest BCUT2D eigenvalue weighted by Gasteiger charge is -2.21. The number of hydrogen-bond donors (Lipinski definition) is 1. The molecule has 6 nitrogen and oxygen atoms in total. The van der Waals surface area contributed by atoms with E-state index in [1.807, 2.05) is 6.07 Å². The molecular formula is C18H21N5OS2. The molecule has 2 heterocycles. The van der Waals surface area contributed by atoms with Crippen LogP contribution in [-0.2, 0) is 11.2 Å². The van der Waals surface area contributed by atoms with Crippen LogP contribution in [0.25, 0.3) is 0 Å². The number of thioether (sulfide) groups is 1. The average molecular weight is 388 g/mol. The Morgan fingerprint density at radius 1 is 1.42 bits per heavy atom. The SMILES string of the molecule is N#CC1(NC(=O)CSc2nnc(Cc3cccs3)n2C2CC2)CCCC1. The number of rotatable bonds is 7. The van der Waals surface area contributed by atoms with Gasteiger partial charge in [-0.25, -0.2) is 0 Å².